The second kappa shape index (κ2) is 7.55. The van der Waals surface area contributed by atoms with Gasteiger partial charge >= 0.3 is 0 Å². The number of benzene rings is 1. The molecule has 1 aromatic carbocycles. The van der Waals surface area contributed by atoms with Crippen molar-refractivity contribution in [3.63, 3.8) is 0 Å². The molecule has 4 rings (SSSR count). The summed E-state index contributed by atoms with van der Waals surface area (Å²) in [5.74, 6) is 0.0146. The van der Waals surface area contributed by atoms with Gasteiger partial charge in [0, 0.05) is 30.7 Å². The van der Waals surface area contributed by atoms with Gasteiger partial charge in [0.25, 0.3) is 0 Å². The van der Waals surface area contributed by atoms with Gasteiger partial charge in [-0.1, -0.05) is 23.2 Å². The number of carbonyl (C=O) groups is 2. The minimum Gasteiger partial charge on any atom is -0.341 e. The van der Waals surface area contributed by atoms with Crippen LogP contribution >= 0.6 is 35.6 Å². The van der Waals surface area contributed by atoms with Crippen molar-refractivity contribution in [2.75, 3.05) is 24.5 Å². The number of hydrogen-bond donors (Lipinski definition) is 1. The Kier molecular flexibility index (Phi) is 5.73. The van der Waals surface area contributed by atoms with Gasteiger partial charge in [-0.15, -0.1) is 12.4 Å². The van der Waals surface area contributed by atoms with E-state index in [1.807, 2.05) is 4.90 Å². The van der Waals surface area contributed by atoms with Crippen LogP contribution in [0.5, 0.6) is 0 Å². The summed E-state index contributed by atoms with van der Waals surface area (Å²) in [6, 6.07) is 5.21. The standard InChI is InChI=1S/C18H21Cl2N3O2.ClH/c19-11-2-3-14(20)16(7-11)23-6-5-12(18(23)25)17(24)22-8-10-1-4-15(21)13(10)9-22;/h2-3,7,10,12-13,15H,1,4-6,8-9,21H2;1H. The van der Waals surface area contributed by atoms with Crippen molar-refractivity contribution in [3.05, 3.63) is 28.2 Å². The number of anilines is 1. The highest BCUT2D eigenvalue weighted by Crippen LogP contribution is 2.39. The molecule has 5 nitrogen and oxygen atoms in total. The molecule has 1 saturated carbocycles. The highest BCUT2D eigenvalue weighted by Gasteiger charge is 2.46. The molecule has 8 heteroatoms. The molecule has 2 amide bonds. The summed E-state index contributed by atoms with van der Waals surface area (Å²) in [6.07, 6.45) is 2.64. The highest BCUT2D eigenvalue weighted by molar-refractivity contribution is 6.36. The molecule has 3 fully saturated rings. The van der Waals surface area contributed by atoms with Crippen molar-refractivity contribution < 1.29 is 9.59 Å². The predicted molar refractivity (Wildman–Crippen MR) is 105 cm³/mol. The number of nitrogens with zero attached hydrogens (tertiary/aromatic N) is 2. The summed E-state index contributed by atoms with van der Waals surface area (Å²) in [5, 5.41) is 0.982. The Bertz CT molecular complexity index is 730. The maximum Gasteiger partial charge on any atom is 0.239 e. The number of hydrogen-bond acceptors (Lipinski definition) is 3. The lowest BCUT2D eigenvalue weighted by molar-refractivity contribution is -0.139. The molecule has 2 heterocycles. The molecule has 1 aliphatic carbocycles. The third-order valence-corrected chi connectivity index (χ3v) is 6.48. The summed E-state index contributed by atoms with van der Waals surface area (Å²) >= 11 is 12.2. The number of likely N-dealkylation sites (tertiary alicyclic amines) is 1. The summed E-state index contributed by atoms with van der Waals surface area (Å²) in [7, 11) is 0. The van der Waals surface area contributed by atoms with E-state index in [1.165, 1.54) is 0 Å². The lowest BCUT2D eigenvalue weighted by atomic mass is 9.98. The topological polar surface area (TPSA) is 66.6 Å². The Labute approximate surface area is 169 Å². The van der Waals surface area contributed by atoms with Gasteiger partial charge in [0.15, 0.2) is 0 Å². The molecule has 3 aliphatic rings. The van der Waals surface area contributed by atoms with Crippen LogP contribution in [0.1, 0.15) is 19.3 Å². The minimum absolute atomic E-state index is 0. The fourth-order valence-electron chi connectivity index (χ4n) is 4.55. The molecule has 1 aromatic rings. The predicted octanol–water partition coefficient (Wildman–Crippen LogP) is 2.96. The van der Waals surface area contributed by atoms with E-state index >= 15 is 0 Å². The number of carbonyl (C=O) groups excluding carboxylic acids is 2. The molecular formula is C18H22Cl3N3O2. The zero-order valence-corrected chi connectivity index (χ0v) is 16.6. The molecule has 142 valence electrons. The van der Waals surface area contributed by atoms with E-state index in [2.05, 4.69) is 0 Å². The van der Waals surface area contributed by atoms with E-state index in [9.17, 15) is 9.59 Å². The third-order valence-electron chi connectivity index (χ3n) is 5.93. The molecule has 4 unspecified atom stereocenters. The van der Waals surface area contributed by atoms with Gasteiger partial charge in [-0.05, 0) is 49.3 Å². The Morgan fingerprint density at radius 1 is 1.15 bits per heavy atom. The minimum atomic E-state index is -0.620. The van der Waals surface area contributed by atoms with Gasteiger partial charge in [0.2, 0.25) is 11.8 Å². The number of fused-ring (bicyclic) bond motifs is 1. The molecule has 2 N–H and O–H groups in total. The van der Waals surface area contributed by atoms with Crippen LogP contribution in [0.2, 0.25) is 10.0 Å². The molecule has 26 heavy (non-hydrogen) atoms. The Morgan fingerprint density at radius 2 is 1.92 bits per heavy atom. The molecule has 2 aliphatic heterocycles. The Morgan fingerprint density at radius 3 is 2.65 bits per heavy atom. The zero-order valence-electron chi connectivity index (χ0n) is 14.2. The van der Waals surface area contributed by atoms with Crippen LogP contribution in [0, 0.1) is 17.8 Å². The van der Waals surface area contributed by atoms with Gasteiger partial charge < -0.3 is 15.5 Å². The van der Waals surface area contributed by atoms with E-state index in [-0.39, 0.29) is 30.3 Å². The van der Waals surface area contributed by atoms with Crippen LogP contribution in [0.3, 0.4) is 0 Å². The van der Waals surface area contributed by atoms with Crippen LogP contribution in [-0.4, -0.2) is 42.4 Å². The highest BCUT2D eigenvalue weighted by atomic mass is 35.5. The fraction of sp³-hybridized carbons (Fsp3) is 0.556. The maximum absolute atomic E-state index is 12.9. The van der Waals surface area contributed by atoms with Crippen LogP contribution in [-0.2, 0) is 9.59 Å². The second-order valence-corrected chi connectivity index (χ2v) is 8.18. The van der Waals surface area contributed by atoms with Gasteiger partial charge in [0.1, 0.15) is 5.92 Å². The first-order chi connectivity index (χ1) is 12.0. The van der Waals surface area contributed by atoms with E-state index < -0.39 is 5.92 Å². The molecule has 4 atom stereocenters. The van der Waals surface area contributed by atoms with Crippen molar-refractivity contribution in [1.82, 2.24) is 4.90 Å². The average molecular weight is 419 g/mol. The normalized spacial score (nSPS) is 30.5. The molecule has 0 aromatic heterocycles. The SMILES string of the molecule is Cl.NC1CCC2CN(C(=O)C3CCN(c4cc(Cl)ccc4Cl)C3=O)CC12. The molecule has 0 radical (unpaired) electrons. The van der Waals surface area contributed by atoms with E-state index in [0.717, 1.165) is 19.4 Å². The quantitative estimate of drug-likeness (QED) is 0.751. The van der Waals surface area contributed by atoms with Crippen molar-refractivity contribution in [2.24, 2.45) is 23.5 Å². The smallest absolute Gasteiger partial charge is 0.239 e. The maximum atomic E-state index is 12.9. The van der Waals surface area contributed by atoms with Gasteiger partial charge in [-0.2, -0.15) is 0 Å². The Balaban J connectivity index is 0.00000196. The lowest BCUT2D eigenvalue weighted by Gasteiger charge is -2.22. The third kappa shape index (κ3) is 3.31. The fourth-order valence-corrected chi connectivity index (χ4v) is 4.93. The number of rotatable bonds is 2. The average Bonchev–Trinajstić information content (AvgIpc) is 3.26. The molecular weight excluding hydrogens is 397 g/mol. The van der Waals surface area contributed by atoms with Crippen LogP contribution in [0.25, 0.3) is 0 Å². The summed E-state index contributed by atoms with van der Waals surface area (Å²) in [5.41, 5.74) is 6.73. The zero-order chi connectivity index (χ0) is 17.7. The number of nitrogens with two attached hydrogens (primary N) is 1. The van der Waals surface area contributed by atoms with E-state index in [1.54, 1.807) is 23.1 Å². The summed E-state index contributed by atoms with van der Waals surface area (Å²) in [4.78, 5) is 29.2. The van der Waals surface area contributed by atoms with Crippen LogP contribution in [0.15, 0.2) is 18.2 Å². The van der Waals surface area contributed by atoms with Crippen LogP contribution in [0.4, 0.5) is 5.69 Å². The Hall–Kier alpha value is -1.01. The van der Waals surface area contributed by atoms with Gasteiger partial charge in [-0.3, -0.25) is 9.59 Å². The van der Waals surface area contributed by atoms with Crippen molar-refractivity contribution in [1.29, 1.82) is 0 Å². The first kappa shape index (κ1) is 19.7. The number of halogens is 3. The lowest BCUT2D eigenvalue weighted by Crippen LogP contribution is -2.40. The van der Waals surface area contributed by atoms with Gasteiger partial charge in [-0.25, -0.2) is 0 Å². The largest absolute Gasteiger partial charge is 0.341 e. The first-order valence-corrected chi connectivity index (χ1v) is 9.52. The van der Waals surface area contributed by atoms with E-state index in [0.29, 0.717) is 47.1 Å². The molecule has 0 spiro atoms. The van der Waals surface area contributed by atoms with Crippen LogP contribution < -0.4 is 10.6 Å². The number of amides is 2. The molecule has 2 saturated heterocycles. The van der Waals surface area contributed by atoms with E-state index in [4.69, 9.17) is 28.9 Å². The summed E-state index contributed by atoms with van der Waals surface area (Å²) < 4.78 is 0. The molecule has 0 bridgehead atoms. The summed E-state index contributed by atoms with van der Waals surface area (Å²) in [6.45, 7) is 1.90. The van der Waals surface area contributed by atoms with Crippen molar-refractivity contribution in [3.8, 4) is 0 Å². The van der Waals surface area contributed by atoms with Crippen molar-refractivity contribution >= 4 is 53.1 Å². The monoisotopic (exact) mass is 417 g/mol. The van der Waals surface area contributed by atoms with Crippen molar-refractivity contribution in [2.45, 2.75) is 25.3 Å². The first-order valence-electron chi connectivity index (χ1n) is 8.76. The van der Waals surface area contributed by atoms with Gasteiger partial charge in [0.05, 0.1) is 10.7 Å². The second-order valence-electron chi connectivity index (χ2n) is 7.34.